The van der Waals surface area contributed by atoms with Gasteiger partial charge in [-0.15, -0.1) is 0 Å². The number of methoxy groups -OCH3 is 2. The predicted molar refractivity (Wildman–Crippen MR) is 119 cm³/mol. The quantitative estimate of drug-likeness (QED) is 0.426. The number of nitrogens with one attached hydrogen (secondary N) is 2. The van der Waals surface area contributed by atoms with Gasteiger partial charge >= 0.3 is 6.18 Å². The average Bonchev–Trinajstić information content (AvgIpc) is 3.19. The molecule has 0 bridgehead atoms. The van der Waals surface area contributed by atoms with E-state index in [1.807, 2.05) is 0 Å². The summed E-state index contributed by atoms with van der Waals surface area (Å²) in [5.41, 5.74) is 0.866. The molecule has 2 aromatic carbocycles. The van der Waals surface area contributed by atoms with Gasteiger partial charge < -0.3 is 19.8 Å². The summed E-state index contributed by atoms with van der Waals surface area (Å²) in [5.74, 6) is 0.663. The van der Waals surface area contributed by atoms with Gasteiger partial charge in [0.25, 0.3) is 5.56 Å². The van der Waals surface area contributed by atoms with Gasteiger partial charge in [-0.2, -0.15) is 13.2 Å². The van der Waals surface area contributed by atoms with Crippen molar-refractivity contribution < 1.29 is 27.4 Å². The van der Waals surface area contributed by atoms with Gasteiger partial charge in [0.1, 0.15) is 11.0 Å². The van der Waals surface area contributed by atoms with Crippen LogP contribution in [0.2, 0.25) is 0 Å². The van der Waals surface area contributed by atoms with E-state index < -0.39 is 11.7 Å². The first-order chi connectivity index (χ1) is 16.2. The van der Waals surface area contributed by atoms with Crippen molar-refractivity contribution in [2.75, 3.05) is 14.2 Å². The Kier molecular flexibility index (Phi) is 6.18. The zero-order valence-electron chi connectivity index (χ0n) is 18.3. The number of rotatable bonds is 7. The largest absolute Gasteiger partial charge is 0.493 e. The van der Waals surface area contributed by atoms with E-state index in [1.54, 1.807) is 12.1 Å². The second kappa shape index (κ2) is 9.08. The van der Waals surface area contributed by atoms with Crippen molar-refractivity contribution in [1.82, 2.24) is 19.9 Å². The Hall–Kier alpha value is -4.02. The lowest BCUT2D eigenvalue weighted by molar-refractivity contribution is -0.137. The minimum atomic E-state index is -4.41. The SMILES string of the molecule is COc1cc2[nH]c3c(=O)n(CCC(=O)NCc4ccc(C(F)(F)F)cc4)cnc3c2cc1OC. The molecule has 0 spiro atoms. The lowest BCUT2D eigenvalue weighted by Gasteiger charge is -2.09. The first kappa shape index (κ1) is 23.1. The van der Waals surface area contributed by atoms with Crippen molar-refractivity contribution in [3.63, 3.8) is 0 Å². The maximum Gasteiger partial charge on any atom is 0.416 e. The summed E-state index contributed by atoms with van der Waals surface area (Å²) >= 11 is 0. The highest BCUT2D eigenvalue weighted by molar-refractivity contribution is 6.05. The summed E-state index contributed by atoms with van der Waals surface area (Å²) in [5, 5.41) is 3.34. The molecule has 34 heavy (non-hydrogen) atoms. The van der Waals surface area contributed by atoms with Crippen LogP contribution >= 0.6 is 0 Å². The van der Waals surface area contributed by atoms with Gasteiger partial charge in [0.2, 0.25) is 5.91 Å². The second-order valence-corrected chi connectivity index (χ2v) is 7.57. The van der Waals surface area contributed by atoms with E-state index in [9.17, 15) is 22.8 Å². The summed E-state index contributed by atoms with van der Waals surface area (Å²) < 4.78 is 49.8. The Morgan fingerprint density at radius 2 is 1.79 bits per heavy atom. The van der Waals surface area contributed by atoms with Crippen molar-refractivity contribution in [1.29, 1.82) is 0 Å². The fourth-order valence-corrected chi connectivity index (χ4v) is 3.60. The number of nitrogens with zero attached hydrogens (tertiary/aromatic N) is 2. The third-order valence-electron chi connectivity index (χ3n) is 5.43. The maximum absolute atomic E-state index is 12.9. The van der Waals surface area contributed by atoms with Crippen molar-refractivity contribution >= 4 is 27.8 Å². The molecule has 2 aromatic heterocycles. The molecule has 0 aliphatic carbocycles. The summed E-state index contributed by atoms with van der Waals surface area (Å²) in [7, 11) is 3.03. The highest BCUT2D eigenvalue weighted by atomic mass is 19.4. The van der Waals surface area contributed by atoms with E-state index in [-0.39, 0.29) is 36.5 Å². The molecule has 11 heteroatoms. The van der Waals surface area contributed by atoms with E-state index in [4.69, 9.17) is 9.47 Å². The predicted octanol–water partition coefficient (Wildman–Crippen LogP) is 3.62. The van der Waals surface area contributed by atoms with Crippen molar-refractivity contribution in [3.05, 3.63) is 64.2 Å². The van der Waals surface area contributed by atoms with Crippen LogP contribution in [0.5, 0.6) is 11.5 Å². The Bertz CT molecular complexity index is 1410. The highest BCUT2D eigenvalue weighted by Gasteiger charge is 2.29. The Morgan fingerprint density at radius 3 is 2.44 bits per heavy atom. The lowest BCUT2D eigenvalue weighted by Crippen LogP contribution is -2.27. The number of alkyl halides is 3. The Balaban J connectivity index is 1.45. The molecule has 0 saturated heterocycles. The third-order valence-corrected chi connectivity index (χ3v) is 5.43. The summed E-state index contributed by atoms with van der Waals surface area (Å²) in [6.45, 7) is 0.164. The molecule has 0 unspecified atom stereocenters. The molecule has 1 amide bonds. The number of carbonyl (C=O) groups is 1. The topological polar surface area (TPSA) is 98.2 Å². The summed E-state index contributed by atoms with van der Waals surface area (Å²) in [4.78, 5) is 32.6. The van der Waals surface area contributed by atoms with E-state index in [2.05, 4.69) is 15.3 Å². The van der Waals surface area contributed by atoms with Crippen LogP contribution in [0, 0.1) is 0 Å². The first-order valence-corrected chi connectivity index (χ1v) is 10.3. The van der Waals surface area contributed by atoms with Crippen LogP contribution in [0.4, 0.5) is 13.2 Å². The smallest absolute Gasteiger partial charge is 0.416 e. The fourth-order valence-electron chi connectivity index (χ4n) is 3.60. The summed E-state index contributed by atoms with van der Waals surface area (Å²) in [6.07, 6.45) is -3.04. The number of hydrogen-bond donors (Lipinski definition) is 2. The standard InChI is InChI=1S/C23H21F3N4O4/c1-33-17-9-15-16(10-18(17)34-2)29-21-20(15)28-12-30(22(21)32)8-7-19(31)27-11-13-3-5-14(6-4-13)23(24,25)26/h3-6,9-10,12,29H,7-8,11H2,1-2H3,(H,27,31). The number of carbonyl (C=O) groups excluding carboxylic acids is 1. The molecule has 0 fully saturated rings. The molecule has 2 N–H and O–H groups in total. The number of benzene rings is 2. The van der Waals surface area contributed by atoms with E-state index in [0.29, 0.717) is 33.5 Å². The van der Waals surface area contributed by atoms with Crippen LogP contribution in [-0.2, 0) is 24.1 Å². The molecule has 178 valence electrons. The molecule has 0 aliphatic rings. The number of aromatic amines is 1. The van der Waals surface area contributed by atoms with Gasteiger partial charge in [0.05, 0.1) is 31.6 Å². The molecule has 2 heterocycles. The molecule has 0 radical (unpaired) electrons. The molecular weight excluding hydrogens is 453 g/mol. The van der Waals surface area contributed by atoms with Gasteiger partial charge in [-0.05, 0) is 23.8 Å². The number of hydrogen-bond acceptors (Lipinski definition) is 5. The molecule has 0 atom stereocenters. The third kappa shape index (κ3) is 4.54. The minimum absolute atomic E-state index is 0.00436. The number of ether oxygens (including phenoxy) is 2. The molecule has 4 aromatic rings. The molecule has 0 aliphatic heterocycles. The number of amides is 1. The van der Waals surface area contributed by atoms with Gasteiger partial charge in [0, 0.05) is 31.0 Å². The van der Waals surface area contributed by atoms with Gasteiger partial charge in [-0.25, -0.2) is 4.98 Å². The van der Waals surface area contributed by atoms with Gasteiger partial charge in [-0.1, -0.05) is 12.1 Å². The minimum Gasteiger partial charge on any atom is -0.493 e. The van der Waals surface area contributed by atoms with Crippen molar-refractivity contribution in [2.24, 2.45) is 0 Å². The maximum atomic E-state index is 12.9. The number of aromatic nitrogens is 3. The Labute approximate surface area is 191 Å². The van der Waals surface area contributed by atoms with Crippen molar-refractivity contribution in [3.8, 4) is 11.5 Å². The van der Waals surface area contributed by atoms with Gasteiger partial charge in [0.15, 0.2) is 11.5 Å². The second-order valence-electron chi connectivity index (χ2n) is 7.57. The van der Waals surface area contributed by atoms with Crippen LogP contribution in [0.15, 0.2) is 47.5 Å². The van der Waals surface area contributed by atoms with Crippen LogP contribution in [0.3, 0.4) is 0 Å². The van der Waals surface area contributed by atoms with Crippen LogP contribution in [0.1, 0.15) is 17.5 Å². The normalized spacial score (nSPS) is 11.7. The van der Waals surface area contributed by atoms with E-state index in [1.165, 1.54) is 37.2 Å². The molecular formula is C23H21F3N4O4. The monoisotopic (exact) mass is 474 g/mol. The van der Waals surface area contributed by atoms with Crippen LogP contribution in [0.25, 0.3) is 21.9 Å². The van der Waals surface area contributed by atoms with Crippen LogP contribution in [-0.4, -0.2) is 34.7 Å². The summed E-state index contributed by atoms with van der Waals surface area (Å²) in [6, 6.07) is 8.00. The zero-order valence-corrected chi connectivity index (χ0v) is 18.3. The number of H-pyrrole nitrogens is 1. The average molecular weight is 474 g/mol. The fraction of sp³-hybridized carbons (Fsp3) is 0.261. The lowest BCUT2D eigenvalue weighted by atomic mass is 10.1. The van der Waals surface area contributed by atoms with Crippen molar-refractivity contribution in [2.45, 2.75) is 25.7 Å². The first-order valence-electron chi connectivity index (χ1n) is 10.3. The number of aryl methyl sites for hydroxylation is 1. The molecule has 4 rings (SSSR count). The number of halogens is 3. The molecule has 0 saturated carbocycles. The van der Waals surface area contributed by atoms with E-state index >= 15 is 0 Å². The highest BCUT2D eigenvalue weighted by Crippen LogP contribution is 2.34. The Morgan fingerprint density at radius 1 is 1.12 bits per heavy atom. The number of fused-ring (bicyclic) bond motifs is 3. The van der Waals surface area contributed by atoms with E-state index in [0.717, 1.165) is 12.1 Å². The zero-order chi connectivity index (χ0) is 24.5. The van der Waals surface area contributed by atoms with Gasteiger partial charge in [-0.3, -0.25) is 14.2 Å². The van der Waals surface area contributed by atoms with Crippen LogP contribution < -0.4 is 20.3 Å². The molecule has 8 nitrogen and oxygen atoms in total.